The van der Waals surface area contributed by atoms with Crippen molar-refractivity contribution in [1.29, 1.82) is 0 Å². The topological polar surface area (TPSA) is 68.6 Å². The van der Waals surface area contributed by atoms with Gasteiger partial charge < -0.3 is 18.3 Å². The molecule has 6 heteroatoms. The molecule has 0 N–H and O–H groups in total. The Balaban J connectivity index is 1.57. The molecule has 0 saturated carbocycles. The number of aryl methyl sites for hydroxylation is 2. The number of carbonyl (C=O) groups is 1. The van der Waals surface area contributed by atoms with Crippen molar-refractivity contribution in [2.45, 2.75) is 26.1 Å². The summed E-state index contributed by atoms with van der Waals surface area (Å²) in [6.45, 7) is 1.28. The first-order valence-corrected chi connectivity index (χ1v) is 9.20. The number of pyridine rings is 1. The molecule has 0 bridgehead atoms. The average molecular weight is 374 g/mol. The quantitative estimate of drug-likeness (QED) is 0.535. The Morgan fingerprint density at radius 3 is 2.36 bits per heavy atom. The third-order valence-electron chi connectivity index (χ3n) is 5.17. The molecule has 1 aliphatic rings. The van der Waals surface area contributed by atoms with Crippen molar-refractivity contribution in [3.8, 4) is 0 Å². The number of furan rings is 2. The number of rotatable bonds is 5. The summed E-state index contributed by atoms with van der Waals surface area (Å²) in [5.74, 6) is 0.959. The lowest BCUT2D eigenvalue weighted by molar-refractivity contribution is 0.0703. The lowest BCUT2D eigenvalue weighted by Gasteiger charge is -2.21. The SMILES string of the molecule is O=C(c1cn2c3c(cccc3c1=O)CC2)N(Cc1ccco1)Cc1ccco1. The van der Waals surface area contributed by atoms with Gasteiger partial charge in [-0.3, -0.25) is 9.59 Å². The Bertz CT molecular complexity index is 1170. The van der Waals surface area contributed by atoms with Gasteiger partial charge in [-0.25, -0.2) is 0 Å². The highest BCUT2D eigenvalue weighted by atomic mass is 16.3. The van der Waals surface area contributed by atoms with Gasteiger partial charge in [0, 0.05) is 18.1 Å². The second-order valence-corrected chi connectivity index (χ2v) is 6.95. The largest absolute Gasteiger partial charge is 0.467 e. The maximum Gasteiger partial charge on any atom is 0.260 e. The summed E-state index contributed by atoms with van der Waals surface area (Å²) in [7, 11) is 0. The Morgan fingerprint density at radius 2 is 1.71 bits per heavy atom. The van der Waals surface area contributed by atoms with Gasteiger partial charge in [0.05, 0.1) is 31.1 Å². The highest BCUT2D eigenvalue weighted by Crippen LogP contribution is 2.24. The van der Waals surface area contributed by atoms with Crippen LogP contribution in [0.15, 0.2) is 74.8 Å². The van der Waals surface area contributed by atoms with Crippen molar-refractivity contribution >= 4 is 16.8 Å². The van der Waals surface area contributed by atoms with Gasteiger partial charge in [0.2, 0.25) is 5.43 Å². The minimum Gasteiger partial charge on any atom is -0.467 e. The summed E-state index contributed by atoms with van der Waals surface area (Å²) in [5.41, 5.74) is 2.03. The third-order valence-corrected chi connectivity index (χ3v) is 5.17. The minimum atomic E-state index is -0.333. The van der Waals surface area contributed by atoms with Crippen LogP contribution in [0.3, 0.4) is 0 Å². The van der Waals surface area contributed by atoms with Gasteiger partial charge in [-0.2, -0.15) is 0 Å². The molecule has 4 aromatic rings. The van der Waals surface area contributed by atoms with Crippen LogP contribution in [0.1, 0.15) is 27.4 Å². The highest BCUT2D eigenvalue weighted by molar-refractivity contribution is 5.98. The fraction of sp³-hybridized carbons (Fsp3) is 0.182. The number of para-hydroxylation sites is 1. The molecule has 4 heterocycles. The van der Waals surface area contributed by atoms with E-state index in [9.17, 15) is 9.59 Å². The van der Waals surface area contributed by atoms with E-state index in [2.05, 4.69) is 0 Å². The predicted molar refractivity (Wildman–Crippen MR) is 103 cm³/mol. The monoisotopic (exact) mass is 374 g/mol. The number of hydrogen-bond acceptors (Lipinski definition) is 4. The molecule has 1 aliphatic heterocycles. The zero-order valence-electron chi connectivity index (χ0n) is 15.1. The van der Waals surface area contributed by atoms with E-state index in [1.54, 1.807) is 41.8 Å². The molecule has 0 saturated heterocycles. The second-order valence-electron chi connectivity index (χ2n) is 6.95. The molecular weight excluding hydrogens is 356 g/mol. The van der Waals surface area contributed by atoms with E-state index in [1.165, 1.54) is 0 Å². The summed E-state index contributed by atoms with van der Waals surface area (Å²) >= 11 is 0. The van der Waals surface area contributed by atoms with Crippen molar-refractivity contribution in [3.05, 3.63) is 94.1 Å². The third kappa shape index (κ3) is 2.74. The first-order valence-electron chi connectivity index (χ1n) is 9.20. The Labute approximate surface area is 160 Å². The fourth-order valence-electron chi connectivity index (χ4n) is 3.86. The molecule has 0 spiro atoms. The van der Waals surface area contributed by atoms with Gasteiger partial charge in [-0.15, -0.1) is 0 Å². The smallest absolute Gasteiger partial charge is 0.260 e. The summed E-state index contributed by atoms with van der Waals surface area (Å²) < 4.78 is 12.8. The van der Waals surface area contributed by atoms with Crippen molar-refractivity contribution in [2.75, 3.05) is 0 Å². The Kier molecular flexibility index (Phi) is 3.90. The zero-order chi connectivity index (χ0) is 19.1. The van der Waals surface area contributed by atoms with Gasteiger partial charge in [0.25, 0.3) is 5.91 Å². The van der Waals surface area contributed by atoms with Crippen LogP contribution in [0.4, 0.5) is 0 Å². The Hall–Kier alpha value is -3.54. The normalized spacial score (nSPS) is 12.6. The standard InChI is InChI=1S/C22H18N2O4/c25-21-18-7-1-4-15-8-9-23(20(15)18)14-19(21)22(26)24(12-16-5-2-10-27-16)13-17-6-3-11-28-17/h1-7,10-11,14H,8-9,12-13H2. The van der Waals surface area contributed by atoms with E-state index < -0.39 is 0 Å². The molecule has 1 amide bonds. The molecule has 6 nitrogen and oxygen atoms in total. The number of benzene rings is 1. The van der Waals surface area contributed by atoms with E-state index in [1.807, 2.05) is 28.8 Å². The van der Waals surface area contributed by atoms with Gasteiger partial charge >= 0.3 is 0 Å². The van der Waals surface area contributed by atoms with Gasteiger partial charge in [0.1, 0.15) is 17.1 Å². The molecule has 0 aliphatic carbocycles. The first-order chi connectivity index (χ1) is 13.7. The molecule has 140 valence electrons. The number of carbonyl (C=O) groups excluding carboxylic acids is 1. The number of aromatic nitrogens is 1. The molecule has 0 radical (unpaired) electrons. The predicted octanol–water partition coefficient (Wildman–Crippen LogP) is 3.59. The molecular formula is C22H18N2O4. The van der Waals surface area contributed by atoms with Crippen LogP contribution in [-0.2, 0) is 26.1 Å². The molecule has 5 rings (SSSR count). The maximum absolute atomic E-state index is 13.4. The van der Waals surface area contributed by atoms with Crippen molar-refractivity contribution in [3.63, 3.8) is 0 Å². The average Bonchev–Trinajstić information content (AvgIpc) is 3.46. The number of amides is 1. The van der Waals surface area contributed by atoms with Crippen LogP contribution < -0.4 is 5.43 Å². The summed E-state index contributed by atoms with van der Waals surface area (Å²) in [6.07, 6.45) is 5.70. The zero-order valence-corrected chi connectivity index (χ0v) is 15.1. The first kappa shape index (κ1) is 16.6. The van der Waals surface area contributed by atoms with Crippen LogP contribution in [-0.4, -0.2) is 15.4 Å². The van der Waals surface area contributed by atoms with Crippen molar-refractivity contribution in [1.82, 2.24) is 9.47 Å². The number of hydrogen-bond donors (Lipinski definition) is 0. The summed E-state index contributed by atoms with van der Waals surface area (Å²) in [6, 6.07) is 12.9. The minimum absolute atomic E-state index is 0.171. The lowest BCUT2D eigenvalue weighted by Crippen LogP contribution is -2.34. The van der Waals surface area contributed by atoms with E-state index in [0.29, 0.717) is 16.9 Å². The number of nitrogens with zero attached hydrogens (tertiary/aromatic N) is 2. The van der Waals surface area contributed by atoms with Crippen molar-refractivity contribution < 1.29 is 13.6 Å². The molecule has 28 heavy (non-hydrogen) atoms. The molecule has 0 fully saturated rings. The van der Waals surface area contributed by atoms with Gasteiger partial charge in [-0.1, -0.05) is 12.1 Å². The van der Waals surface area contributed by atoms with E-state index in [-0.39, 0.29) is 30.0 Å². The van der Waals surface area contributed by atoms with E-state index >= 15 is 0 Å². The Morgan fingerprint density at radius 1 is 1.00 bits per heavy atom. The molecule has 3 aromatic heterocycles. The second kappa shape index (κ2) is 6.56. The van der Waals surface area contributed by atoms with E-state index in [0.717, 1.165) is 24.0 Å². The molecule has 0 unspecified atom stereocenters. The van der Waals surface area contributed by atoms with Crippen LogP contribution in [0.5, 0.6) is 0 Å². The van der Waals surface area contributed by atoms with Crippen LogP contribution in [0.25, 0.3) is 10.9 Å². The maximum atomic E-state index is 13.4. The fourth-order valence-corrected chi connectivity index (χ4v) is 3.86. The van der Waals surface area contributed by atoms with Crippen LogP contribution in [0, 0.1) is 0 Å². The van der Waals surface area contributed by atoms with Crippen molar-refractivity contribution in [2.24, 2.45) is 0 Å². The van der Waals surface area contributed by atoms with E-state index in [4.69, 9.17) is 8.83 Å². The summed E-state index contributed by atoms with van der Waals surface area (Å²) in [4.78, 5) is 28.1. The summed E-state index contributed by atoms with van der Waals surface area (Å²) in [5, 5.41) is 0.594. The van der Waals surface area contributed by atoms with Gasteiger partial charge in [-0.05, 0) is 42.3 Å². The lowest BCUT2D eigenvalue weighted by atomic mass is 10.1. The van der Waals surface area contributed by atoms with Crippen LogP contribution >= 0.6 is 0 Å². The van der Waals surface area contributed by atoms with Gasteiger partial charge in [0.15, 0.2) is 0 Å². The molecule has 1 aromatic carbocycles. The molecule has 0 atom stereocenters. The highest BCUT2D eigenvalue weighted by Gasteiger charge is 2.25. The van der Waals surface area contributed by atoms with Crippen LogP contribution in [0.2, 0.25) is 0 Å².